The molecule has 0 unspecified atom stereocenters. The van der Waals surface area contributed by atoms with Crippen molar-refractivity contribution in [3.8, 4) is 0 Å². The summed E-state index contributed by atoms with van der Waals surface area (Å²) in [5.41, 5.74) is 5.38. The summed E-state index contributed by atoms with van der Waals surface area (Å²) in [5, 5.41) is 0. The van der Waals surface area contributed by atoms with Crippen molar-refractivity contribution in [1.82, 2.24) is 4.72 Å². The van der Waals surface area contributed by atoms with E-state index in [-0.39, 0.29) is 35.1 Å². The summed E-state index contributed by atoms with van der Waals surface area (Å²) in [6.45, 7) is 1.13. The quantitative estimate of drug-likeness (QED) is 0.734. The first kappa shape index (κ1) is 17.0. The lowest BCUT2D eigenvalue weighted by atomic mass is 10.2. The van der Waals surface area contributed by atoms with E-state index in [1.54, 1.807) is 0 Å². The van der Waals surface area contributed by atoms with Gasteiger partial charge in [-0.05, 0) is 18.2 Å². The van der Waals surface area contributed by atoms with Gasteiger partial charge < -0.3 is 5.73 Å². The predicted molar refractivity (Wildman–Crippen MR) is 73.8 cm³/mol. The van der Waals surface area contributed by atoms with Crippen molar-refractivity contribution in [2.75, 3.05) is 18.1 Å². The second-order valence-corrected chi connectivity index (χ2v) is 8.33. The van der Waals surface area contributed by atoms with Crippen LogP contribution in [0.15, 0.2) is 23.1 Å². The van der Waals surface area contributed by atoms with E-state index < -0.39 is 25.7 Å². The minimum absolute atomic E-state index is 0.0530. The van der Waals surface area contributed by atoms with Gasteiger partial charge in [0.25, 0.3) is 0 Å². The zero-order valence-electron chi connectivity index (χ0n) is 11.0. The van der Waals surface area contributed by atoms with Crippen molar-refractivity contribution >= 4 is 19.9 Å². The van der Waals surface area contributed by atoms with E-state index in [0.29, 0.717) is 0 Å². The van der Waals surface area contributed by atoms with Crippen LogP contribution in [0.1, 0.15) is 12.5 Å². The monoisotopic (exact) mass is 324 g/mol. The average Bonchev–Trinajstić information content (AvgIpc) is 2.38. The van der Waals surface area contributed by atoms with Crippen LogP contribution < -0.4 is 10.5 Å². The molecule has 6 nitrogen and oxygen atoms in total. The summed E-state index contributed by atoms with van der Waals surface area (Å²) in [4.78, 5) is -0.145. The molecule has 0 saturated heterocycles. The molecule has 0 bridgehead atoms. The van der Waals surface area contributed by atoms with Crippen LogP contribution in [-0.4, -0.2) is 34.9 Å². The molecule has 9 heteroatoms. The Kier molecular flexibility index (Phi) is 5.63. The molecule has 0 spiro atoms. The van der Waals surface area contributed by atoms with Gasteiger partial charge in [0.1, 0.15) is 5.82 Å². The first-order valence-electron chi connectivity index (χ1n) is 5.90. The van der Waals surface area contributed by atoms with Gasteiger partial charge in [-0.2, -0.15) is 0 Å². The van der Waals surface area contributed by atoms with E-state index in [9.17, 15) is 21.2 Å². The highest BCUT2D eigenvalue weighted by Crippen LogP contribution is 2.14. The van der Waals surface area contributed by atoms with E-state index >= 15 is 0 Å². The number of hydrogen-bond acceptors (Lipinski definition) is 5. The molecule has 0 radical (unpaired) electrons. The van der Waals surface area contributed by atoms with Crippen molar-refractivity contribution in [1.29, 1.82) is 0 Å². The summed E-state index contributed by atoms with van der Waals surface area (Å²) >= 11 is 0. The molecule has 1 aromatic carbocycles. The van der Waals surface area contributed by atoms with Crippen LogP contribution in [0.25, 0.3) is 0 Å². The van der Waals surface area contributed by atoms with Crippen LogP contribution in [0.2, 0.25) is 0 Å². The molecule has 0 aromatic heterocycles. The fourth-order valence-electron chi connectivity index (χ4n) is 1.43. The number of sulfonamides is 1. The molecule has 0 aliphatic heterocycles. The molecule has 0 aliphatic rings. The van der Waals surface area contributed by atoms with Gasteiger partial charge in [-0.25, -0.2) is 25.9 Å². The van der Waals surface area contributed by atoms with Crippen LogP contribution in [-0.2, 0) is 26.4 Å². The maximum atomic E-state index is 13.2. The normalized spacial score (nSPS) is 12.6. The van der Waals surface area contributed by atoms with Crippen LogP contribution in [0, 0.1) is 5.82 Å². The lowest BCUT2D eigenvalue weighted by Gasteiger charge is -2.08. The highest BCUT2D eigenvalue weighted by atomic mass is 32.2. The lowest BCUT2D eigenvalue weighted by molar-refractivity contribution is 0.579. The zero-order chi connectivity index (χ0) is 15.4. The van der Waals surface area contributed by atoms with Gasteiger partial charge in [0.2, 0.25) is 10.0 Å². The molecular weight excluding hydrogens is 307 g/mol. The van der Waals surface area contributed by atoms with E-state index in [1.807, 2.05) is 0 Å². The van der Waals surface area contributed by atoms with Crippen molar-refractivity contribution in [2.24, 2.45) is 5.73 Å². The van der Waals surface area contributed by atoms with Gasteiger partial charge in [0, 0.05) is 24.4 Å². The maximum absolute atomic E-state index is 13.2. The summed E-state index contributed by atoms with van der Waals surface area (Å²) in [7, 11) is -7.13. The minimum atomic E-state index is -3.88. The van der Waals surface area contributed by atoms with Crippen LogP contribution in [0.3, 0.4) is 0 Å². The lowest BCUT2D eigenvalue weighted by Crippen LogP contribution is -2.29. The van der Waals surface area contributed by atoms with Gasteiger partial charge >= 0.3 is 0 Å². The molecular formula is C11H17FN2O4S2. The van der Waals surface area contributed by atoms with Crippen molar-refractivity contribution in [3.05, 3.63) is 29.6 Å². The van der Waals surface area contributed by atoms with Crippen molar-refractivity contribution < 1.29 is 21.2 Å². The number of nitrogens with one attached hydrogen (secondary N) is 1. The van der Waals surface area contributed by atoms with Crippen LogP contribution >= 0.6 is 0 Å². The number of sulfone groups is 1. The zero-order valence-corrected chi connectivity index (χ0v) is 12.6. The van der Waals surface area contributed by atoms with E-state index in [4.69, 9.17) is 5.73 Å². The molecule has 20 heavy (non-hydrogen) atoms. The Morgan fingerprint density at radius 2 is 1.90 bits per heavy atom. The highest BCUT2D eigenvalue weighted by Gasteiger charge is 2.17. The Bertz CT molecular complexity index is 672. The Balaban J connectivity index is 2.84. The minimum Gasteiger partial charge on any atom is -0.326 e. The number of rotatable bonds is 7. The second-order valence-electron chi connectivity index (χ2n) is 4.09. The van der Waals surface area contributed by atoms with Crippen LogP contribution in [0.4, 0.5) is 4.39 Å². The number of hydrogen-bond donors (Lipinski definition) is 2. The van der Waals surface area contributed by atoms with Gasteiger partial charge in [-0.15, -0.1) is 0 Å². The molecule has 3 N–H and O–H groups in total. The van der Waals surface area contributed by atoms with E-state index in [2.05, 4.69) is 4.72 Å². The first-order chi connectivity index (χ1) is 9.22. The molecule has 0 aliphatic carbocycles. The number of halogens is 1. The molecule has 114 valence electrons. The van der Waals surface area contributed by atoms with E-state index in [0.717, 1.165) is 18.2 Å². The summed E-state index contributed by atoms with van der Waals surface area (Å²) in [5.74, 6) is -0.920. The van der Waals surface area contributed by atoms with Crippen molar-refractivity contribution in [3.63, 3.8) is 0 Å². The summed E-state index contributed by atoms with van der Waals surface area (Å²) in [6, 6.07) is 3.25. The van der Waals surface area contributed by atoms with Gasteiger partial charge in [0.05, 0.1) is 10.6 Å². The smallest absolute Gasteiger partial charge is 0.240 e. The third-order valence-corrected chi connectivity index (χ3v) is 5.86. The topological polar surface area (TPSA) is 106 Å². The fourth-order valence-corrected chi connectivity index (χ4v) is 3.35. The largest absolute Gasteiger partial charge is 0.326 e. The molecule has 0 heterocycles. The van der Waals surface area contributed by atoms with Gasteiger partial charge in [0.15, 0.2) is 9.84 Å². The Morgan fingerprint density at radius 1 is 1.25 bits per heavy atom. The Labute approximate surface area is 118 Å². The number of nitrogens with two attached hydrogens (primary N) is 1. The molecule has 0 amide bonds. The Morgan fingerprint density at radius 3 is 2.45 bits per heavy atom. The Hall–Kier alpha value is -1.03. The SMILES string of the molecule is CCS(=O)(=O)CCNS(=O)(=O)c1ccc(F)c(CN)c1. The fraction of sp³-hybridized carbons (Fsp3) is 0.455. The molecule has 1 rings (SSSR count). The average molecular weight is 324 g/mol. The van der Waals surface area contributed by atoms with Gasteiger partial charge in [-0.3, -0.25) is 0 Å². The first-order valence-corrected chi connectivity index (χ1v) is 9.21. The standard InChI is InChI=1S/C11H17FN2O4S2/c1-2-19(15,16)6-5-14-20(17,18)10-3-4-11(12)9(7-10)8-13/h3-4,7,14H,2,5-6,8,13H2,1H3. The third kappa shape index (κ3) is 4.51. The molecule has 0 saturated carbocycles. The molecule has 0 atom stereocenters. The summed E-state index contributed by atoms with van der Waals surface area (Å²) < 4.78 is 61.8. The highest BCUT2D eigenvalue weighted by molar-refractivity contribution is 7.91. The molecule has 1 aromatic rings. The van der Waals surface area contributed by atoms with Crippen LogP contribution in [0.5, 0.6) is 0 Å². The summed E-state index contributed by atoms with van der Waals surface area (Å²) in [6.07, 6.45) is 0. The van der Waals surface area contributed by atoms with Gasteiger partial charge in [-0.1, -0.05) is 6.92 Å². The maximum Gasteiger partial charge on any atom is 0.240 e. The van der Waals surface area contributed by atoms with E-state index in [1.165, 1.54) is 6.92 Å². The molecule has 0 fully saturated rings. The predicted octanol–water partition coefficient (Wildman–Crippen LogP) is -0.00260. The number of benzene rings is 1. The van der Waals surface area contributed by atoms with Crippen molar-refractivity contribution in [2.45, 2.75) is 18.4 Å². The second kappa shape index (κ2) is 6.61. The third-order valence-electron chi connectivity index (χ3n) is 2.69.